The van der Waals surface area contributed by atoms with Gasteiger partial charge in [-0.15, -0.1) is 0 Å². The van der Waals surface area contributed by atoms with Crippen molar-refractivity contribution in [3.05, 3.63) is 76.2 Å². The van der Waals surface area contributed by atoms with Gasteiger partial charge in [0.15, 0.2) is 0 Å². The molecule has 0 atom stereocenters. The largest absolute Gasteiger partial charge is 0.495 e. The minimum absolute atomic E-state index is 0.163. The second-order valence-electron chi connectivity index (χ2n) is 7.69. The Morgan fingerprint density at radius 2 is 1.88 bits per heavy atom. The molecule has 2 aromatic carbocycles. The van der Waals surface area contributed by atoms with E-state index >= 15 is 0 Å². The van der Waals surface area contributed by atoms with Gasteiger partial charge in [0, 0.05) is 56.6 Å². The molecule has 0 saturated carbocycles. The maximum atomic E-state index is 13.1. The van der Waals surface area contributed by atoms with Crippen LogP contribution in [0.4, 0.5) is 10.1 Å². The first-order valence-electron chi connectivity index (χ1n) is 10.6. The molecule has 1 amide bonds. The van der Waals surface area contributed by atoms with E-state index in [4.69, 9.17) is 16.3 Å². The average Bonchev–Trinajstić information content (AvgIpc) is 2.77. The fraction of sp³-hybridized carbons (Fsp3) is 0.320. The van der Waals surface area contributed by atoms with Gasteiger partial charge in [-0.2, -0.15) is 0 Å². The number of amides is 1. The van der Waals surface area contributed by atoms with Crippen LogP contribution < -0.4 is 10.1 Å². The minimum Gasteiger partial charge on any atom is -0.495 e. The molecule has 32 heavy (non-hydrogen) atoms. The number of halogens is 2. The first kappa shape index (κ1) is 23.8. The molecule has 0 aliphatic carbocycles. The zero-order valence-electron chi connectivity index (χ0n) is 18.7. The molecule has 3 rings (SSSR count). The summed E-state index contributed by atoms with van der Waals surface area (Å²) in [5.74, 6) is 0.185. The molecule has 2 aromatic rings. The zero-order valence-corrected chi connectivity index (χ0v) is 19.5. The number of allylic oxidation sites excluding steroid dienone is 2. The number of hydrogen-bond acceptors (Lipinski definition) is 4. The van der Waals surface area contributed by atoms with Crippen LogP contribution in [-0.4, -0.2) is 49.0 Å². The topological polar surface area (TPSA) is 44.8 Å². The van der Waals surface area contributed by atoms with Crippen molar-refractivity contribution in [2.75, 3.05) is 38.6 Å². The molecule has 1 fully saturated rings. The summed E-state index contributed by atoms with van der Waals surface area (Å²) >= 11 is 6.23. The number of ether oxygens (including phenoxy) is 1. The van der Waals surface area contributed by atoms with Crippen molar-refractivity contribution in [3.63, 3.8) is 0 Å². The Morgan fingerprint density at radius 1 is 1.19 bits per heavy atom. The summed E-state index contributed by atoms with van der Waals surface area (Å²) < 4.78 is 18.5. The Labute approximate surface area is 194 Å². The predicted octanol–water partition coefficient (Wildman–Crippen LogP) is 5.18. The standard InChI is InChI=1S/C25H29ClFN3O2/c1-4-22(10-7-20-15-25(32-3)23(26)16-24(20)28-18(2)31)30-13-11-29(12-14-30)17-19-5-8-21(27)9-6-19/h4-10,15-16H,11-14,17H2,1-3H3,(H,28,31)/b10-7+,22-4+. The maximum Gasteiger partial charge on any atom is 0.221 e. The predicted molar refractivity (Wildman–Crippen MR) is 128 cm³/mol. The maximum absolute atomic E-state index is 13.1. The van der Waals surface area contributed by atoms with Crippen LogP contribution in [0.2, 0.25) is 5.02 Å². The van der Waals surface area contributed by atoms with Crippen molar-refractivity contribution in [1.82, 2.24) is 9.80 Å². The number of rotatable bonds is 7. The van der Waals surface area contributed by atoms with Gasteiger partial charge in [0.2, 0.25) is 5.91 Å². The van der Waals surface area contributed by atoms with Gasteiger partial charge in [-0.1, -0.05) is 35.9 Å². The summed E-state index contributed by atoms with van der Waals surface area (Å²) in [7, 11) is 1.57. The van der Waals surface area contributed by atoms with Crippen LogP contribution in [0.15, 0.2) is 54.2 Å². The van der Waals surface area contributed by atoms with Gasteiger partial charge in [0.25, 0.3) is 0 Å². The normalized spacial score (nSPS) is 15.3. The van der Waals surface area contributed by atoms with E-state index in [9.17, 15) is 9.18 Å². The van der Waals surface area contributed by atoms with E-state index in [0.29, 0.717) is 16.5 Å². The monoisotopic (exact) mass is 457 g/mol. The van der Waals surface area contributed by atoms with Gasteiger partial charge in [-0.05, 0) is 42.8 Å². The molecule has 1 aliphatic heterocycles. The quantitative estimate of drug-likeness (QED) is 0.582. The molecule has 1 N–H and O–H groups in total. The molecule has 1 saturated heterocycles. The van der Waals surface area contributed by atoms with Crippen molar-refractivity contribution in [1.29, 1.82) is 0 Å². The lowest BCUT2D eigenvalue weighted by Crippen LogP contribution is -2.45. The molecule has 1 aliphatic rings. The Kier molecular flexibility index (Phi) is 8.31. The van der Waals surface area contributed by atoms with Crippen molar-refractivity contribution in [2.45, 2.75) is 20.4 Å². The highest BCUT2D eigenvalue weighted by Crippen LogP contribution is 2.32. The lowest BCUT2D eigenvalue weighted by Gasteiger charge is -2.36. The highest BCUT2D eigenvalue weighted by atomic mass is 35.5. The van der Waals surface area contributed by atoms with Gasteiger partial charge in [-0.3, -0.25) is 9.69 Å². The van der Waals surface area contributed by atoms with Gasteiger partial charge in [0.05, 0.1) is 12.1 Å². The molecular weight excluding hydrogens is 429 g/mol. The Morgan fingerprint density at radius 3 is 2.47 bits per heavy atom. The van der Waals surface area contributed by atoms with E-state index in [0.717, 1.165) is 49.5 Å². The minimum atomic E-state index is -0.206. The zero-order chi connectivity index (χ0) is 23.1. The molecule has 0 bridgehead atoms. The van der Waals surface area contributed by atoms with Gasteiger partial charge in [0.1, 0.15) is 11.6 Å². The summed E-state index contributed by atoms with van der Waals surface area (Å²) in [6.07, 6.45) is 6.09. The van der Waals surface area contributed by atoms with E-state index < -0.39 is 0 Å². The summed E-state index contributed by atoms with van der Waals surface area (Å²) in [5, 5.41) is 3.27. The van der Waals surface area contributed by atoms with Gasteiger partial charge in [-0.25, -0.2) is 4.39 Å². The SMILES string of the molecule is C/C=C(\C=C\c1cc(OC)c(Cl)cc1NC(C)=O)N1CCN(Cc2ccc(F)cc2)CC1. The number of hydrogen-bond donors (Lipinski definition) is 1. The first-order chi connectivity index (χ1) is 15.4. The number of anilines is 1. The molecule has 7 heteroatoms. The third kappa shape index (κ3) is 6.34. The fourth-order valence-electron chi connectivity index (χ4n) is 3.73. The number of methoxy groups -OCH3 is 1. The third-order valence-corrected chi connectivity index (χ3v) is 5.72. The second kappa shape index (κ2) is 11.2. The number of carbonyl (C=O) groups excluding carboxylic acids is 1. The van der Waals surface area contributed by atoms with Gasteiger partial charge < -0.3 is 15.0 Å². The highest BCUT2D eigenvalue weighted by molar-refractivity contribution is 6.32. The van der Waals surface area contributed by atoms with Crippen LogP contribution in [0.5, 0.6) is 5.75 Å². The van der Waals surface area contributed by atoms with Crippen LogP contribution in [0.3, 0.4) is 0 Å². The summed E-state index contributed by atoms with van der Waals surface area (Å²) in [5.41, 5.74) is 3.68. The Hall–Kier alpha value is -2.83. The molecule has 1 heterocycles. The summed E-state index contributed by atoms with van der Waals surface area (Å²) in [6.45, 7) is 7.94. The molecule has 5 nitrogen and oxygen atoms in total. The number of benzene rings is 2. The smallest absolute Gasteiger partial charge is 0.221 e. The molecule has 0 spiro atoms. The number of carbonyl (C=O) groups is 1. The summed E-state index contributed by atoms with van der Waals surface area (Å²) in [6, 6.07) is 10.2. The summed E-state index contributed by atoms with van der Waals surface area (Å²) in [4.78, 5) is 16.3. The van der Waals surface area contributed by atoms with Crippen LogP contribution in [0, 0.1) is 5.82 Å². The van der Waals surface area contributed by atoms with Crippen LogP contribution in [-0.2, 0) is 11.3 Å². The highest BCUT2D eigenvalue weighted by Gasteiger charge is 2.18. The van der Waals surface area contributed by atoms with Crippen LogP contribution >= 0.6 is 11.6 Å². The third-order valence-electron chi connectivity index (χ3n) is 5.42. The van der Waals surface area contributed by atoms with Crippen molar-refractivity contribution >= 4 is 29.3 Å². The molecule has 0 aromatic heterocycles. The lowest BCUT2D eigenvalue weighted by molar-refractivity contribution is -0.114. The average molecular weight is 458 g/mol. The van der Waals surface area contributed by atoms with E-state index in [-0.39, 0.29) is 11.7 Å². The van der Waals surface area contributed by atoms with Crippen molar-refractivity contribution < 1.29 is 13.9 Å². The Balaban J connectivity index is 1.67. The Bertz CT molecular complexity index is 997. The van der Waals surface area contributed by atoms with E-state index in [2.05, 4.69) is 21.2 Å². The van der Waals surface area contributed by atoms with Crippen LogP contribution in [0.1, 0.15) is 25.0 Å². The molecule has 0 unspecified atom stereocenters. The lowest BCUT2D eigenvalue weighted by atomic mass is 10.1. The van der Waals surface area contributed by atoms with Crippen molar-refractivity contribution in [2.24, 2.45) is 0 Å². The van der Waals surface area contributed by atoms with E-state index in [1.54, 1.807) is 13.2 Å². The number of nitrogens with one attached hydrogen (secondary N) is 1. The second-order valence-corrected chi connectivity index (χ2v) is 8.10. The number of nitrogens with zero attached hydrogens (tertiary/aromatic N) is 2. The molecular formula is C25H29ClFN3O2. The molecule has 170 valence electrons. The van der Waals surface area contributed by atoms with Gasteiger partial charge >= 0.3 is 0 Å². The molecule has 0 radical (unpaired) electrons. The van der Waals surface area contributed by atoms with Crippen LogP contribution in [0.25, 0.3) is 6.08 Å². The first-order valence-corrected chi connectivity index (χ1v) is 11.0. The van der Waals surface area contributed by atoms with E-state index in [1.165, 1.54) is 19.1 Å². The fourth-order valence-corrected chi connectivity index (χ4v) is 3.97. The van der Waals surface area contributed by atoms with E-state index in [1.807, 2.05) is 37.3 Å². The number of piperazine rings is 1. The van der Waals surface area contributed by atoms with Crippen molar-refractivity contribution in [3.8, 4) is 5.75 Å².